The van der Waals surface area contributed by atoms with E-state index in [-0.39, 0.29) is 10.6 Å². The molecule has 0 fully saturated rings. The van der Waals surface area contributed by atoms with Crippen LogP contribution in [0, 0.1) is 6.92 Å². The highest BCUT2D eigenvalue weighted by atomic mass is 32.2. The minimum absolute atomic E-state index is 0.218. The van der Waals surface area contributed by atoms with Crippen molar-refractivity contribution in [1.82, 2.24) is 0 Å². The lowest BCUT2D eigenvalue weighted by molar-refractivity contribution is 0.102. The van der Waals surface area contributed by atoms with E-state index in [9.17, 15) is 21.6 Å². The van der Waals surface area contributed by atoms with Crippen molar-refractivity contribution in [1.29, 1.82) is 0 Å². The Morgan fingerprint density at radius 1 is 0.871 bits per heavy atom. The maximum atomic E-state index is 12.7. The fourth-order valence-electron chi connectivity index (χ4n) is 2.95. The molecule has 7 nitrogen and oxygen atoms in total. The topological polar surface area (TPSA) is 109 Å². The van der Waals surface area contributed by atoms with Gasteiger partial charge in [-0.2, -0.15) is 0 Å². The Labute approximate surface area is 182 Å². The Morgan fingerprint density at radius 3 is 2.26 bits per heavy atom. The molecule has 0 saturated carbocycles. The number of hydrogen-bond donors (Lipinski definition) is 2. The highest BCUT2D eigenvalue weighted by molar-refractivity contribution is 7.92. The van der Waals surface area contributed by atoms with Crippen molar-refractivity contribution in [2.24, 2.45) is 0 Å². The van der Waals surface area contributed by atoms with Crippen LogP contribution < -0.4 is 10.0 Å². The van der Waals surface area contributed by atoms with Gasteiger partial charge in [0, 0.05) is 11.3 Å². The van der Waals surface area contributed by atoms with Crippen LogP contribution in [-0.2, 0) is 25.6 Å². The normalized spacial score (nSPS) is 11.7. The SMILES string of the molecule is Cc1ccc(NC(=O)c2cccc(CS(=O)(=O)c3ccccc3)c2)cc1NS(C)(=O)=O. The van der Waals surface area contributed by atoms with E-state index in [2.05, 4.69) is 10.0 Å². The van der Waals surface area contributed by atoms with E-state index in [1.807, 2.05) is 0 Å². The number of anilines is 2. The van der Waals surface area contributed by atoms with Gasteiger partial charge >= 0.3 is 0 Å². The summed E-state index contributed by atoms with van der Waals surface area (Å²) in [4.78, 5) is 12.9. The van der Waals surface area contributed by atoms with E-state index in [1.54, 1.807) is 55.5 Å². The number of benzene rings is 3. The molecule has 1 amide bonds. The molecule has 31 heavy (non-hydrogen) atoms. The molecule has 0 aliphatic carbocycles. The monoisotopic (exact) mass is 458 g/mol. The number of sulfonamides is 1. The highest BCUT2D eigenvalue weighted by Gasteiger charge is 2.16. The van der Waals surface area contributed by atoms with Crippen LogP contribution in [0.5, 0.6) is 0 Å². The second-order valence-corrected chi connectivity index (χ2v) is 10.9. The van der Waals surface area contributed by atoms with Crippen LogP contribution in [0.2, 0.25) is 0 Å². The minimum atomic E-state index is -3.54. The van der Waals surface area contributed by atoms with Gasteiger partial charge in [0.2, 0.25) is 10.0 Å². The van der Waals surface area contributed by atoms with Gasteiger partial charge in [-0.05, 0) is 54.4 Å². The lowest BCUT2D eigenvalue weighted by atomic mass is 10.1. The third-order valence-corrected chi connectivity index (χ3v) is 6.73. The summed E-state index contributed by atoms with van der Waals surface area (Å²) >= 11 is 0. The summed E-state index contributed by atoms with van der Waals surface area (Å²) in [6, 6.07) is 19.4. The molecule has 0 saturated heterocycles. The minimum Gasteiger partial charge on any atom is -0.322 e. The molecule has 0 aliphatic rings. The van der Waals surface area contributed by atoms with Gasteiger partial charge in [-0.1, -0.05) is 36.4 Å². The summed E-state index contributed by atoms with van der Waals surface area (Å²) < 4.78 is 50.6. The Bertz CT molecular complexity index is 1320. The van der Waals surface area contributed by atoms with E-state index < -0.39 is 25.8 Å². The molecular weight excluding hydrogens is 436 g/mol. The highest BCUT2D eigenvalue weighted by Crippen LogP contribution is 2.22. The summed E-state index contributed by atoms with van der Waals surface area (Å²) in [5.41, 5.74) is 2.25. The fraction of sp³-hybridized carbons (Fsp3) is 0.136. The molecule has 0 bridgehead atoms. The molecule has 0 aliphatic heterocycles. The standard InChI is InChI=1S/C22H22N2O5S2/c1-16-11-12-19(14-21(16)24-30(2,26)27)23-22(25)18-8-6-7-17(13-18)15-31(28,29)20-9-4-3-5-10-20/h3-14,24H,15H2,1-2H3,(H,23,25). The molecule has 0 radical (unpaired) electrons. The fourth-order valence-corrected chi connectivity index (χ4v) is 4.92. The molecule has 3 rings (SSSR count). The van der Waals surface area contributed by atoms with Gasteiger partial charge in [0.25, 0.3) is 5.91 Å². The van der Waals surface area contributed by atoms with Gasteiger partial charge in [0.1, 0.15) is 0 Å². The van der Waals surface area contributed by atoms with Gasteiger partial charge in [-0.25, -0.2) is 16.8 Å². The van der Waals surface area contributed by atoms with Crippen molar-refractivity contribution < 1.29 is 21.6 Å². The molecule has 0 atom stereocenters. The van der Waals surface area contributed by atoms with E-state index in [0.29, 0.717) is 28.1 Å². The van der Waals surface area contributed by atoms with E-state index >= 15 is 0 Å². The Morgan fingerprint density at radius 2 is 1.58 bits per heavy atom. The van der Waals surface area contributed by atoms with E-state index in [4.69, 9.17) is 0 Å². The molecule has 3 aromatic carbocycles. The van der Waals surface area contributed by atoms with Crippen LogP contribution in [0.15, 0.2) is 77.7 Å². The van der Waals surface area contributed by atoms with Gasteiger partial charge in [-0.15, -0.1) is 0 Å². The Balaban J connectivity index is 1.79. The van der Waals surface area contributed by atoms with Crippen LogP contribution in [0.4, 0.5) is 11.4 Å². The van der Waals surface area contributed by atoms with E-state index in [1.165, 1.54) is 24.3 Å². The third-order valence-electron chi connectivity index (χ3n) is 4.44. The first-order valence-corrected chi connectivity index (χ1v) is 12.8. The summed E-state index contributed by atoms with van der Waals surface area (Å²) in [5, 5.41) is 2.71. The molecule has 9 heteroatoms. The number of nitrogens with one attached hydrogen (secondary N) is 2. The van der Waals surface area contributed by atoms with Crippen LogP contribution >= 0.6 is 0 Å². The quantitative estimate of drug-likeness (QED) is 0.562. The predicted molar refractivity (Wildman–Crippen MR) is 121 cm³/mol. The van der Waals surface area contributed by atoms with Gasteiger partial charge in [-0.3, -0.25) is 9.52 Å². The number of aryl methyl sites for hydroxylation is 1. The molecule has 3 aromatic rings. The van der Waals surface area contributed by atoms with Crippen molar-refractivity contribution in [3.63, 3.8) is 0 Å². The first-order chi connectivity index (χ1) is 14.5. The Kier molecular flexibility index (Phi) is 6.47. The largest absolute Gasteiger partial charge is 0.322 e. The van der Waals surface area contributed by atoms with Crippen LogP contribution in [0.1, 0.15) is 21.5 Å². The maximum absolute atomic E-state index is 12.7. The molecule has 2 N–H and O–H groups in total. The maximum Gasteiger partial charge on any atom is 0.255 e. The zero-order chi connectivity index (χ0) is 22.6. The zero-order valence-corrected chi connectivity index (χ0v) is 18.6. The summed E-state index contributed by atoms with van der Waals surface area (Å²) in [7, 11) is -7.00. The number of amides is 1. The lowest BCUT2D eigenvalue weighted by Crippen LogP contribution is -2.14. The van der Waals surface area contributed by atoms with Crippen LogP contribution in [0.25, 0.3) is 0 Å². The third kappa shape index (κ3) is 6.16. The number of sulfone groups is 1. The average molecular weight is 459 g/mol. The second kappa shape index (κ2) is 8.91. The van der Waals surface area contributed by atoms with Gasteiger partial charge in [0.05, 0.1) is 22.6 Å². The van der Waals surface area contributed by atoms with Crippen LogP contribution in [-0.4, -0.2) is 29.0 Å². The van der Waals surface area contributed by atoms with Crippen LogP contribution in [0.3, 0.4) is 0 Å². The van der Waals surface area contributed by atoms with Crippen molar-refractivity contribution in [2.45, 2.75) is 17.6 Å². The predicted octanol–water partition coefficient (Wildman–Crippen LogP) is 3.59. The second-order valence-electron chi connectivity index (χ2n) is 7.13. The smallest absolute Gasteiger partial charge is 0.255 e. The lowest BCUT2D eigenvalue weighted by Gasteiger charge is -2.12. The van der Waals surface area contributed by atoms with E-state index in [0.717, 1.165) is 6.26 Å². The molecule has 0 unspecified atom stereocenters. The average Bonchev–Trinajstić information content (AvgIpc) is 2.70. The van der Waals surface area contributed by atoms with Gasteiger partial charge < -0.3 is 5.32 Å². The van der Waals surface area contributed by atoms with Crippen molar-refractivity contribution in [2.75, 3.05) is 16.3 Å². The molecular formula is C22H22N2O5S2. The Hall–Kier alpha value is -3.17. The van der Waals surface area contributed by atoms with Crippen molar-refractivity contribution in [3.8, 4) is 0 Å². The zero-order valence-electron chi connectivity index (χ0n) is 17.0. The number of hydrogen-bond acceptors (Lipinski definition) is 5. The molecule has 162 valence electrons. The van der Waals surface area contributed by atoms with Crippen molar-refractivity contribution in [3.05, 3.63) is 89.5 Å². The van der Waals surface area contributed by atoms with Crippen molar-refractivity contribution >= 4 is 37.1 Å². The summed E-state index contributed by atoms with van der Waals surface area (Å²) in [6.07, 6.45) is 1.05. The number of carbonyl (C=O) groups excluding carboxylic acids is 1. The summed E-state index contributed by atoms with van der Waals surface area (Å²) in [5.74, 6) is -0.668. The number of rotatable bonds is 7. The first kappa shape index (κ1) is 22.5. The molecule has 0 spiro atoms. The first-order valence-electron chi connectivity index (χ1n) is 9.30. The summed E-state index contributed by atoms with van der Waals surface area (Å²) in [6.45, 7) is 1.75. The number of carbonyl (C=O) groups is 1. The molecule has 0 heterocycles. The van der Waals surface area contributed by atoms with Gasteiger partial charge in [0.15, 0.2) is 9.84 Å². The molecule has 0 aromatic heterocycles.